The molecule has 3 aromatic rings. The maximum Gasteiger partial charge on any atom is 0.267 e. The van der Waals surface area contributed by atoms with Gasteiger partial charge >= 0.3 is 0 Å². The van der Waals surface area contributed by atoms with Gasteiger partial charge in [0, 0.05) is 51.3 Å². The Morgan fingerprint density at radius 2 is 1.89 bits per heavy atom. The van der Waals surface area contributed by atoms with Crippen molar-refractivity contribution in [3.63, 3.8) is 0 Å². The Balaban J connectivity index is 1.71. The topological polar surface area (TPSA) is 100 Å². The molecule has 4 rings (SSSR count). The van der Waals surface area contributed by atoms with Crippen LogP contribution in [-0.4, -0.2) is 35.3 Å². The summed E-state index contributed by atoms with van der Waals surface area (Å²) in [5.41, 5.74) is 1.89. The van der Waals surface area contributed by atoms with Crippen molar-refractivity contribution < 1.29 is 32.2 Å². The molecule has 1 aliphatic heterocycles. The van der Waals surface area contributed by atoms with Gasteiger partial charge in [-0.05, 0) is 43.7 Å². The van der Waals surface area contributed by atoms with E-state index in [2.05, 4.69) is 20.0 Å². The van der Waals surface area contributed by atoms with Crippen LogP contribution in [0.1, 0.15) is 31.7 Å². The predicted octanol–water partition coefficient (Wildman–Crippen LogP) is 6.92. The first-order chi connectivity index (χ1) is 17.6. The summed E-state index contributed by atoms with van der Waals surface area (Å²) in [6, 6.07) is 11.4. The largest absolute Gasteiger partial charge is 0.335 e. The minimum Gasteiger partial charge on any atom is -0.335 e. The van der Waals surface area contributed by atoms with Gasteiger partial charge in [-0.3, -0.25) is 4.55 Å². The molecule has 14 heteroatoms. The molecule has 0 saturated heterocycles. The molecule has 2 atom stereocenters. The maximum absolute atomic E-state index is 11.6. The second-order valence-electron chi connectivity index (χ2n) is 8.50. The van der Waals surface area contributed by atoms with Gasteiger partial charge in [-0.2, -0.15) is 13.0 Å². The molecule has 8 nitrogen and oxygen atoms in total. The molecule has 0 amide bonds. The summed E-state index contributed by atoms with van der Waals surface area (Å²) >= 11 is 16.8. The number of nitrogens with zero attached hydrogens (tertiary/aromatic N) is 2. The molecule has 2 N–H and O–H groups in total. The van der Waals surface area contributed by atoms with Crippen LogP contribution in [-0.2, 0) is 26.0 Å². The molecule has 37 heavy (non-hydrogen) atoms. The summed E-state index contributed by atoms with van der Waals surface area (Å²) in [6.45, 7) is 4.51. The molecule has 0 bridgehead atoms. The van der Waals surface area contributed by atoms with Gasteiger partial charge in [-0.25, -0.2) is 5.26 Å². The molecule has 2 aromatic carbocycles. The van der Waals surface area contributed by atoms with Gasteiger partial charge in [0.05, 0.1) is 22.0 Å². The van der Waals surface area contributed by atoms with E-state index in [0.717, 1.165) is 49.3 Å². The van der Waals surface area contributed by atoms with Crippen molar-refractivity contribution in [2.75, 3.05) is 11.4 Å². The fraction of sp³-hybridized carbons (Fsp3) is 0.348. The zero-order valence-corrected chi connectivity index (χ0v) is 24.6. The van der Waals surface area contributed by atoms with Crippen molar-refractivity contribution >= 4 is 90.4 Å². The Morgan fingerprint density at radius 3 is 2.62 bits per heavy atom. The Bertz CT molecular complexity index is 1420. The summed E-state index contributed by atoms with van der Waals surface area (Å²) in [5.74, 6) is 0. The number of rotatable bonds is 11. The van der Waals surface area contributed by atoms with Crippen LogP contribution >= 0.6 is 58.3 Å². The number of thioether (sulfide) groups is 1. The number of aryl methyl sites for hydroxylation is 1. The minimum absolute atomic E-state index is 0.0416. The molecule has 2 unspecified atom stereocenters. The Kier molecular flexibility index (Phi) is 9.71. The van der Waals surface area contributed by atoms with E-state index in [-0.39, 0.29) is 11.7 Å². The van der Waals surface area contributed by atoms with Crippen LogP contribution < -0.4 is 9.47 Å². The van der Waals surface area contributed by atoms with Crippen LogP contribution in [0, 0.1) is 0 Å². The van der Waals surface area contributed by atoms with Gasteiger partial charge in [0.25, 0.3) is 15.1 Å². The molecule has 0 saturated carbocycles. The fourth-order valence-electron chi connectivity index (χ4n) is 3.83. The molecule has 0 aliphatic carbocycles. The second kappa shape index (κ2) is 12.4. The van der Waals surface area contributed by atoms with Crippen LogP contribution in [0.25, 0.3) is 16.3 Å². The molecule has 2 heterocycles. The van der Waals surface area contributed by atoms with E-state index in [0.29, 0.717) is 23.1 Å². The van der Waals surface area contributed by atoms with Gasteiger partial charge in [-0.15, -0.1) is 4.33 Å². The third kappa shape index (κ3) is 7.13. The van der Waals surface area contributed by atoms with Gasteiger partial charge in [0.15, 0.2) is 6.54 Å². The Hall–Kier alpha value is -1.06. The van der Waals surface area contributed by atoms with Crippen molar-refractivity contribution in [3.8, 4) is 0 Å². The highest BCUT2D eigenvalue weighted by molar-refractivity contribution is 8.04. The van der Waals surface area contributed by atoms with E-state index < -0.39 is 15.4 Å². The molecule has 1 aliphatic rings. The summed E-state index contributed by atoms with van der Waals surface area (Å²) in [6.07, 6.45) is 3.05. The summed E-state index contributed by atoms with van der Waals surface area (Å²) in [5, 5.41) is 14.4. The molecular weight excluding hydrogens is 599 g/mol. The normalized spacial score (nSPS) is 16.5. The summed E-state index contributed by atoms with van der Waals surface area (Å²) in [4.78, 5) is 3.05. The van der Waals surface area contributed by atoms with Crippen molar-refractivity contribution in [2.45, 2.75) is 48.6 Å². The average molecular weight is 625 g/mol. The molecule has 200 valence electrons. The molecule has 0 fully saturated rings. The second-order valence-corrected chi connectivity index (χ2v) is 14.5. The predicted molar refractivity (Wildman–Crippen MR) is 152 cm³/mol. The lowest BCUT2D eigenvalue weighted by Crippen LogP contribution is -2.36. The first kappa shape index (κ1) is 28.9. The Morgan fingerprint density at radius 1 is 1.16 bits per heavy atom. The number of hydrogen-bond donors (Lipinski definition) is 2. The van der Waals surface area contributed by atoms with Crippen LogP contribution in [0.2, 0.25) is 10.0 Å². The monoisotopic (exact) mass is 623 g/mol. The van der Waals surface area contributed by atoms with Gasteiger partial charge in [0.2, 0.25) is 5.52 Å². The summed E-state index contributed by atoms with van der Waals surface area (Å²) in [7, 11) is -4.14. The number of aromatic nitrogens is 1. The quantitative estimate of drug-likeness (QED) is 0.0774. The zero-order valence-electron chi connectivity index (χ0n) is 19.8. The summed E-state index contributed by atoms with van der Waals surface area (Å²) < 4.78 is 40.6. The third-order valence-corrected chi connectivity index (χ3v) is 10.5. The lowest BCUT2D eigenvalue weighted by molar-refractivity contribution is -0.669. The number of hydrogen-bond acceptors (Lipinski definition) is 9. The van der Waals surface area contributed by atoms with E-state index in [1.165, 1.54) is 6.92 Å². The molecular formula is C23H25Cl2N2O6S4+. The zero-order chi connectivity index (χ0) is 26.7. The molecule has 0 spiro atoms. The van der Waals surface area contributed by atoms with Crippen molar-refractivity contribution in [1.29, 1.82) is 0 Å². The van der Waals surface area contributed by atoms with E-state index >= 15 is 0 Å². The van der Waals surface area contributed by atoms with Crippen LogP contribution in [0.15, 0.2) is 46.3 Å². The van der Waals surface area contributed by atoms with Crippen molar-refractivity contribution in [1.82, 2.24) is 0 Å². The van der Waals surface area contributed by atoms with E-state index in [4.69, 9.17) is 28.5 Å². The number of halogens is 2. The molecule has 1 aromatic heterocycles. The molecule has 0 radical (unpaired) electrons. The highest BCUT2D eigenvalue weighted by Crippen LogP contribution is 2.48. The van der Waals surface area contributed by atoms with Gasteiger partial charge in [-0.1, -0.05) is 58.3 Å². The first-order valence-electron chi connectivity index (χ1n) is 11.2. The van der Waals surface area contributed by atoms with E-state index in [1.807, 2.05) is 48.2 Å². The average Bonchev–Trinajstić information content (AvgIpc) is 3.35. The van der Waals surface area contributed by atoms with Crippen molar-refractivity contribution in [3.05, 3.63) is 56.5 Å². The smallest absolute Gasteiger partial charge is 0.267 e. The SMILES string of the molecule is CC(CC[n+]1c(C=C2Sc3ccc(Cl)cc3N2CCC(C)S(=O)(=O)O)sc2ccc(Cl)cc21)SOOO. The maximum atomic E-state index is 11.6. The van der Waals surface area contributed by atoms with Gasteiger partial charge in [0.1, 0.15) is 4.70 Å². The third-order valence-electron chi connectivity index (χ3n) is 5.89. The van der Waals surface area contributed by atoms with Gasteiger partial charge < -0.3 is 4.90 Å². The first-order valence-corrected chi connectivity index (χ1v) is 15.9. The van der Waals surface area contributed by atoms with Crippen LogP contribution in [0.3, 0.4) is 0 Å². The number of thiazole rings is 1. The number of fused-ring (bicyclic) bond motifs is 2. The minimum atomic E-state index is -4.14. The standard InChI is InChI=1S/C23H24Cl2N2O6S4/c1-14(36-33-32-28)7-9-26-18-11-16(24)3-5-20(18)34-22(26)13-23-27(10-8-15(2)37(29,30)31)19-12-17(25)4-6-21(19)35-23/h3-6,11-15H,7-10H2,1-2H3,(H-,28,29,30,31)/p+1. The Labute approximate surface area is 238 Å². The number of benzene rings is 2. The van der Waals surface area contributed by atoms with E-state index in [9.17, 15) is 13.0 Å². The lowest BCUT2D eigenvalue weighted by atomic mass is 10.2. The van der Waals surface area contributed by atoms with Crippen molar-refractivity contribution in [2.24, 2.45) is 0 Å². The number of anilines is 1. The highest BCUT2D eigenvalue weighted by atomic mass is 35.5. The van der Waals surface area contributed by atoms with Crippen LogP contribution in [0.4, 0.5) is 5.69 Å². The van der Waals surface area contributed by atoms with Crippen LogP contribution in [0.5, 0.6) is 0 Å². The lowest BCUT2D eigenvalue weighted by Gasteiger charge is -2.21. The highest BCUT2D eigenvalue weighted by Gasteiger charge is 2.30. The fourth-order valence-corrected chi connectivity index (χ4v) is 7.23. The van der Waals surface area contributed by atoms with E-state index in [1.54, 1.807) is 23.1 Å².